The molecule has 49 heavy (non-hydrogen) atoms. The van der Waals surface area contributed by atoms with Crippen molar-refractivity contribution < 1.29 is 65.8 Å². The van der Waals surface area contributed by atoms with Crippen LogP contribution in [0.4, 0.5) is 0 Å². The van der Waals surface area contributed by atoms with Gasteiger partial charge >= 0.3 is 0 Å². The van der Waals surface area contributed by atoms with Crippen LogP contribution in [0.15, 0.2) is 47.3 Å². The van der Waals surface area contributed by atoms with Gasteiger partial charge in [0.2, 0.25) is 0 Å². The summed E-state index contributed by atoms with van der Waals surface area (Å²) in [6, 6.07) is 0. The number of carbonyl (C=O) groups is 4. The van der Waals surface area contributed by atoms with Gasteiger partial charge in [-0.25, -0.2) is 0 Å². The summed E-state index contributed by atoms with van der Waals surface area (Å²) >= 11 is 0. The summed E-state index contributed by atoms with van der Waals surface area (Å²) in [5.74, 6) is 0.561. The quantitative estimate of drug-likeness (QED) is 0.0430. The Kier molecular flexibility index (Phi) is 50.1. The van der Waals surface area contributed by atoms with Gasteiger partial charge in [0.1, 0.15) is 0 Å². The molecule has 0 bridgehead atoms. The third-order valence-corrected chi connectivity index (χ3v) is 6.59. The van der Waals surface area contributed by atoms with Gasteiger partial charge < -0.3 is 20.4 Å². The second-order valence-corrected chi connectivity index (χ2v) is 12.3. The van der Waals surface area contributed by atoms with Gasteiger partial charge in [0.15, 0.2) is 23.1 Å². The topological polar surface area (TPSA) is 149 Å². The number of ketones is 4. The van der Waals surface area contributed by atoms with E-state index in [0.717, 1.165) is 51.4 Å². The minimum atomic E-state index is 0. The Hall–Kier alpha value is -2.28. The molecule has 284 valence electrons. The van der Waals surface area contributed by atoms with Crippen molar-refractivity contribution in [2.24, 2.45) is 0 Å². The van der Waals surface area contributed by atoms with Crippen molar-refractivity contribution in [1.82, 2.24) is 0 Å². The zero-order valence-electron chi connectivity index (χ0n) is 32.4. The number of allylic oxidation sites excluding steroid dienone is 8. The molecule has 4 N–H and O–H groups in total. The Morgan fingerprint density at radius 1 is 0.347 bits per heavy atom. The van der Waals surface area contributed by atoms with E-state index >= 15 is 0 Å². The molecule has 0 aliphatic carbocycles. The van der Waals surface area contributed by atoms with E-state index in [2.05, 4.69) is 27.7 Å². The molecule has 0 atom stereocenters. The SMILES string of the molecule is CCCCCCC(=O)/C=C(/C)O.CCCCCCC(=O)/C=C(/C)O.CCCCCCC(=O)/C=C(/C)O.CCCCCCC(=O)/C=C(/C)O.[Zr]. The smallest absolute Gasteiger partial charge is 0.159 e. The van der Waals surface area contributed by atoms with Gasteiger partial charge in [-0.1, -0.05) is 105 Å². The Morgan fingerprint density at radius 2 is 0.510 bits per heavy atom. The third-order valence-electron chi connectivity index (χ3n) is 6.59. The fourth-order valence-electron chi connectivity index (χ4n) is 4.12. The van der Waals surface area contributed by atoms with Gasteiger partial charge in [0, 0.05) is 76.2 Å². The van der Waals surface area contributed by atoms with Crippen LogP contribution in [0.5, 0.6) is 0 Å². The predicted octanol–water partition coefficient (Wildman–Crippen LogP) is 11.9. The molecule has 0 unspecified atom stereocenters. The molecular formula is C40H72O8Zr. The van der Waals surface area contributed by atoms with Crippen molar-refractivity contribution in [2.45, 2.75) is 184 Å². The van der Waals surface area contributed by atoms with Gasteiger partial charge in [-0.3, -0.25) is 19.2 Å². The molecule has 0 spiro atoms. The molecule has 0 radical (unpaired) electrons. The molecule has 0 aliphatic rings. The first-order valence-electron chi connectivity index (χ1n) is 18.3. The van der Waals surface area contributed by atoms with Crippen molar-refractivity contribution in [3.05, 3.63) is 47.3 Å². The molecule has 0 fully saturated rings. The first kappa shape index (κ1) is 56.1. The van der Waals surface area contributed by atoms with E-state index in [4.69, 9.17) is 20.4 Å². The molecule has 0 aromatic rings. The second-order valence-electron chi connectivity index (χ2n) is 12.3. The Labute approximate surface area is 318 Å². The van der Waals surface area contributed by atoms with E-state index in [1.165, 1.54) is 103 Å². The van der Waals surface area contributed by atoms with Crippen LogP contribution in [0.1, 0.15) is 184 Å². The number of unbranched alkanes of at least 4 members (excludes halogenated alkanes) is 12. The standard InChI is InChI=1S/4C10H18O2.Zr/c4*1-3-4-5-6-7-10(12)8-9(2)11;/h4*8,11H,3-7H2,1-2H3;/b4*9-8-;. The van der Waals surface area contributed by atoms with Crippen molar-refractivity contribution >= 4 is 23.1 Å². The number of carbonyl (C=O) groups excluding carboxylic acids is 4. The summed E-state index contributed by atoms with van der Waals surface area (Å²) in [5, 5.41) is 35.1. The largest absolute Gasteiger partial charge is 0.512 e. The van der Waals surface area contributed by atoms with Gasteiger partial charge in [-0.05, 0) is 53.4 Å². The molecule has 8 nitrogen and oxygen atoms in total. The zero-order chi connectivity index (χ0) is 37.6. The van der Waals surface area contributed by atoms with E-state index in [1.807, 2.05) is 0 Å². The van der Waals surface area contributed by atoms with E-state index in [0.29, 0.717) is 25.7 Å². The van der Waals surface area contributed by atoms with Crippen molar-refractivity contribution in [3.63, 3.8) is 0 Å². The number of aliphatic hydroxyl groups is 4. The molecule has 9 heteroatoms. The Morgan fingerprint density at radius 3 is 0.633 bits per heavy atom. The number of rotatable bonds is 24. The van der Waals surface area contributed by atoms with Crippen LogP contribution in [0.25, 0.3) is 0 Å². The summed E-state index contributed by atoms with van der Waals surface area (Å²) < 4.78 is 0. The van der Waals surface area contributed by atoms with Crippen LogP contribution in [-0.2, 0) is 45.4 Å². The maximum atomic E-state index is 11.0. The van der Waals surface area contributed by atoms with Crippen LogP contribution in [-0.4, -0.2) is 43.6 Å². The van der Waals surface area contributed by atoms with E-state index in [-0.39, 0.29) is 72.4 Å². The second kappa shape index (κ2) is 43.7. The molecule has 0 aliphatic heterocycles. The molecule has 0 aromatic heterocycles. The Bertz CT molecular complexity index is 780. The molecule has 0 heterocycles. The van der Waals surface area contributed by atoms with Crippen molar-refractivity contribution in [3.8, 4) is 0 Å². The van der Waals surface area contributed by atoms with Gasteiger partial charge in [0.25, 0.3) is 0 Å². The van der Waals surface area contributed by atoms with Crippen LogP contribution in [0.3, 0.4) is 0 Å². The number of hydrogen-bond acceptors (Lipinski definition) is 8. The maximum Gasteiger partial charge on any atom is 0.159 e. The van der Waals surface area contributed by atoms with E-state index in [9.17, 15) is 19.2 Å². The summed E-state index contributed by atoms with van der Waals surface area (Å²) in [6.07, 6.45) is 25.2. The molecule has 0 aromatic carbocycles. The van der Waals surface area contributed by atoms with E-state index in [1.54, 1.807) is 0 Å². The minimum absolute atomic E-state index is 0. The number of aliphatic hydroxyl groups excluding tert-OH is 4. The molecule has 0 saturated heterocycles. The summed E-state index contributed by atoms with van der Waals surface area (Å²) in [5.41, 5.74) is 0. The van der Waals surface area contributed by atoms with Crippen LogP contribution < -0.4 is 0 Å². The summed E-state index contributed by atoms with van der Waals surface area (Å²) in [6.45, 7) is 14.6. The summed E-state index contributed by atoms with van der Waals surface area (Å²) in [4.78, 5) is 43.9. The van der Waals surface area contributed by atoms with Crippen LogP contribution in [0.2, 0.25) is 0 Å². The van der Waals surface area contributed by atoms with E-state index < -0.39 is 0 Å². The Balaban J connectivity index is -0.000000174. The number of hydrogen-bond donors (Lipinski definition) is 4. The predicted molar refractivity (Wildman–Crippen MR) is 201 cm³/mol. The van der Waals surface area contributed by atoms with Crippen LogP contribution >= 0.6 is 0 Å². The summed E-state index contributed by atoms with van der Waals surface area (Å²) in [7, 11) is 0. The fraction of sp³-hybridized carbons (Fsp3) is 0.700. The van der Waals surface area contributed by atoms with Crippen molar-refractivity contribution in [2.75, 3.05) is 0 Å². The maximum absolute atomic E-state index is 11.0. The monoisotopic (exact) mass is 770 g/mol. The molecule has 0 rings (SSSR count). The third kappa shape index (κ3) is 61.4. The normalized spacial score (nSPS) is 11.4. The zero-order valence-corrected chi connectivity index (χ0v) is 34.8. The fourth-order valence-corrected chi connectivity index (χ4v) is 4.12. The minimum Gasteiger partial charge on any atom is -0.512 e. The van der Waals surface area contributed by atoms with Crippen LogP contribution in [0, 0.1) is 0 Å². The average Bonchev–Trinajstić information content (AvgIpc) is 2.98. The van der Waals surface area contributed by atoms with Gasteiger partial charge in [0.05, 0.1) is 23.0 Å². The van der Waals surface area contributed by atoms with Crippen molar-refractivity contribution in [1.29, 1.82) is 0 Å². The first-order chi connectivity index (χ1) is 22.7. The molecule has 0 saturated carbocycles. The molecule has 0 amide bonds. The average molecular weight is 772 g/mol. The molecular weight excluding hydrogens is 700 g/mol. The first-order valence-corrected chi connectivity index (χ1v) is 18.3. The van der Waals surface area contributed by atoms with Gasteiger partial charge in [-0.15, -0.1) is 0 Å². The van der Waals surface area contributed by atoms with Gasteiger partial charge in [-0.2, -0.15) is 0 Å².